The van der Waals surface area contributed by atoms with Crippen molar-refractivity contribution in [2.45, 2.75) is 26.7 Å². The van der Waals surface area contributed by atoms with Crippen LogP contribution >= 0.6 is 11.6 Å². The fourth-order valence-electron chi connectivity index (χ4n) is 2.32. The molecular formula is C17H17ClN2O3. The first kappa shape index (κ1) is 17.0. The van der Waals surface area contributed by atoms with Gasteiger partial charge in [0, 0.05) is 17.8 Å². The number of nitrogens with one attached hydrogen (secondary N) is 1. The molecule has 0 atom stereocenters. The van der Waals surface area contributed by atoms with Gasteiger partial charge in [0.25, 0.3) is 11.6 Å². The van der Waals surface area contributed by atoms with Crippen molar-refractivity contribution in [3.8, 4) is 0 Å². The van der Waals surface area contributed by atoms with Gasteiger partial charge in [-0.1, -0.05) is 43.6 Å². The third kappa shape index (κ3) is 3.68. The van der Waals surface area contributed by atoms with Crippen LogP contribution in [-0.4, -0.2) is 10.8 Å². The average Bonchev–Trinajstić information content (AvgIpc) is 2.48. The number of nitro benzene ring substituents is 1. The number of non-ortho nitro benzene ring substituents is 1. The molecule has 5 nitrogen and oxygen atoms in total. The maximum absolute atomic E-state index is 12.5. The highest BCUT2D eigenvalue weighted by molar-refractivity contribution is 6.34. The molecule has 23 heavy (non-hydrogen) atoms. The third-order valence-electron chi connectivity index (χ3n) is 3.57. The normalized spacial score (nSPS) is 10.7. The SMILES string of the molecule is Cc1cccc(C(C)C)c1NC(=O)c1ccc([N+](=O)[O-])cc1Cl. The highest BCUT2D eigenvalue weighted by Crippen LogP contribution is 2.29. The number of nitro groups is 1. The smallest absolute Gasteiger partial charge is 0.270 e. The van der Waals surface area contributed by atoms with Crippen LogP contribution in [0.25, 0.3) is 0 Å². The summed E-state index contributed by atoms with van der Waals surface area (Å²) in [6, 6.07) is 9.63. The van der Waals surface area contributed by atoms with Crippen molar-refractivity contribution in [1.82, 2.24) is 0 Å². The molecule has 0 aliphatic carbocycles. The second-order valence-corrected chi connectivity index (χ2v) is 5.98. The Kier molecular flexibility index (Phi) is 5.01. The van der Waals surface area contributed by atoms with Crippen molar-refractivity contribution < 1.29 is 9.72 Å². The van der Waals surface area contributed by atoms with Crippen LogP contribution in [0.3, 0.4) is 0 Å². The fraction of sp³-hybridized carbons (Fsp3) is 0.235. The summed E-state index contributed by atoms with van der Waals surface area (Å²) in [5.41, 5.74) is 2.78. The Bertz CT molecular complexity index is 772. The molecule has 120 valence electrons. The van der Waals surface area contributed by atoms with Crippen molar-refractivity contribution >= 4 is 28.9 Å². The molecule has 0 aliphatic rings. The minimum absolute atomic E-state index is 0.0522. The van der Waals surface area contributed by atoms with Crippen molar-refractivity contribution in [1.29, 1.82) is 0 Å². The van der Waals surface area contributed by atoms with Gasteiger partial charge in [0.2, 0.25) is 0 Å². The van der Waals surface area contributed by atoms with Gasteiger partial charge >= 0.3 is 0 Å². The lowest BCUT2D eigenvalue weighted by molar-refractivity contribution is -0.384. The molecule has 0 aromatic heterocycles. The van der Waals surface area contributed by atoms with Crippen LogP contribution < -0.4 is 5.32 Å². The minimum Gasteiger partial charge on any atom is -0.321 e. The Hall–Kier alpha value is -2.40. The average molecular weight is 333 g/mol. The van der Waals surface area contributed by atoms with E-state index in [-0.39, 0.29) is 28.1 Å². The van der Waals surface area contributed by atoms with E-state index in [1.54, 1.807) is 0 Å². The third-order valence-corrected chi connectivity index (χ3v) is 3.89. The Morgan fingerprint density at radius 2 is 1.96 bits per heavy atom. The summed E-state index contributed by atoms with van der Waals surface area (Å²) in [6.45, 7) is 6.01. The van der Waals surface area contributed by atoms with Crippen LogP contribution in [0, 0.1) is 17.0 Å². The number of anilines is 1. The highest BCUT2D eigenvalue weighted by atomic mass is 35.5. The number of benzene rings is 2. The molecule has 0 radical (unpaired) electrons. The van der Waals surface area contributed by atoms with Crippen molar-refractivity contribution in [3.05, 3.63) is 68.2 Å². The van der Waals surface area contributed by atoms with Gasteiger partial charge < -0.3 is 5.32 Å². The molecule has 2 aromatic rings. The number of carbonyl (C=O) groups is 1. The van der Waals surface area contributed by atoms with Gasteiger partial charge in [-0.3, -0.25) is 14.9 Å². The maximum Gasteiger partial charge on any atom is 0.270 e. The number of carbonyl (C=O) groups excluding carboxylic acids is 1. The number of halogens is 1. The molecule has 0 heterocycles. The summed E-state index contributed by atoms with van der Waals surface area (Å²) in [5.74, 6) is -0.140. The molecule has 2 rings (SSSR count). The van der Waals surface area contributed by atoms with Crippen LogP contribution in [0.1, 0.15) is 41.3 Å². The van der Waals surface area contributed by atoms with E-state index >= 15 is 0 Å². The summed E-state index contributed by atoms with van der Waals surface area (Å²) < 4.78 is 0. The zero-order valence-electron chi connectivity index (χ0n) is 13.1. The fourth-order valence-corrected chi connectivity index (χ4v) is 2.59. The van der Waals surface area contributed by atoms with Crippen molar-refractivity contribution in [2.24, 2.45) is 0 Å². The second kappa shape index (κ2) is 6.79. The first-order valence-electron chi connectivity index (χ1n) is 7.16. The topological polar surface area (TPSA) is 72.2 Å². The Labute approximate surface area is 139 Å². The number of amides is 1. The molecule has 0 fully saturated rings. The molecule has 0 bridgehead atoms. The standard InChI is InChI=1S/C17H17ClN2O3/c1-10(2)13-6-4-5-11(3)16(13)19-17(21)14-8-7-12(20(22)23)9-15(14)18/h4-10H,1-3H3,(H,19,21). The Balaban J connectivity index is 2.35. The Morgan fingerprint density at radius 1 is 1.26 bits per heavy atom. The quantitative estimate of drug-likeness (QED) is 0.637. The predicted molar refractivity (Wildman–Crippen MR) is 91.3 cm³/mol. The number of nitrogens with zero attached hydrogens (tertiary/aromatic N) is 1. The molecule has 0 aliphatic heterocycles. The minimum atomic E-state index is -0.550. The zero-order valence-corrected chi connectivity index (χ0v) is 13.8. The van der Waals surface area contributed by atoms with Gasteiger partial charge in [0.1, 0.15) is 0 Å². The van der Waals surface area contributed by atoms with E-state index < -0.39 is 4.92 Å². The van der Waals surface area contributed by atoms with Crippen LogP contribution in [0.4, 0.5) is 11.4 Å². The van der Waals surface area contributed by atoms with E-state index in [1.807, 2.05) is 39.0 Å². The number of hydrogen-bond donors (Lipinski definition) is 1. The summed E-state index contributed by atoms with van der Waals surface area (Å²) in [4.78, 5) is 22.7. The summed E-state index contributed by atoms with van der Waals surface area (Å²) in [5, 5.41) is 13.7. The van der Waals surface area contributed by atoms with Crippen LogP contribution in [0.2, 0.25) is 5.02 Å². The van der Waals surface area contributed by atoms with Crippen molar-refractivity contribution in [2.75, 3.05) is 5.32 Å². The number of para-hydroxylation sites is 1. The lowest BCUT2D eigenvalue weighted by atomic mass is 9.98. The molecule has 0 saturated carbocycles. The van der Waals surface area contributed by atoms with E-state index in [1.165, 1.54) is 18.2 Å². The van der Waals surface area contributed by atoms with Gasteiger partial charge in [-0.05, 0) is 30.0 Å². The molecule has 0 unspecified atom stereocenters. The largest absolute Gasteiger partial charge is 0.321 e. The van der Waals surface area contributed by atoms with Crippen LogP contribution in [-0.2, 0) is 0 Å². The first-order chi connectivity index (χ1) is 10.8. The van der Waals surface area contributed by atoms with E-state index in [9.17, 15) is 14.9 Å². The molecule has 1 N–H and O–H groups in total. The molecule has 0 saturated heterocycles. The lowest BCUT2D eigenvalue weighted by Crippen LogP contribution is -2.15. The zero-order chi connectivity index (χ0) is 17.1. The van der Waals surface area contributed by atoms with Gasteiger partial charge in [-0.25, -0.2) is 0 Å². The van der Waals surface area contributed by atoms with Gasteiger partial charge in [-0.2, -0.15) is 0 Å². The number of hydrogen-bond acceptors (Lipinski definition) is 3. The van der Waals surface area contributed by atoms with E-state index in [0.717, 1.165) is 16.8 Å². The van der Waals surface area contributed by atoms with Crippen LogP contribution in [0.5, 0.6) is 0 Å². The van der Waals surface area contributed by atoms with E-state index in [0.29, 0.717) is 0 Å². The van der Waals surface area contributed by atoms with Gasteiger partial charge in [0.05, 0.1) is 15.5 Å². The van der Waals surface area contributed by atoms with Crippen LogP contribution in [0.15, 0.2) is 36.4 Å². The molecule has 6 heteroatoms. The monoisotopic (exact) mass is 332 g/mol. The first-order valence-corrected chi connectivity index (χ1v) is 7.54. The molecule has 0 spiro atoms. The van der Waals surface area contributed by atoms with Gasteiger partial charge in [-0.15, -0.1) is 0 Å². The van der Waals surface area contributed by atoms with Crippen molar-refractivity contribution in [3.63, 3.8) is 0 Å². The summed E-state index contributed by atoms with van der Waals surface area (Å²) >= 11 is 6.01. The summed E-state index contributed by atoms with van der Waals surface area (Å²) in [7, 11) is 0. The van der Waals surface area contributed by atoms with E-state index in [2.05, 4.69) is 5.32 Å². The number of rotatable bonds is 4. The second-order valence-electron chi connectivity index (χ2n) is 5.57. The Morgan fingerprint density at radius 3 is 2.52 bits per heavy atom. The predicted octanol–water partition coefficient (Wildman–Crippen LogP) is 4.93. The molecular weight excluding hydrogens is 316 g/mol. The summed E-state index contributed by atoms with van der Waals surface area (Å²) in [6.07, 6.45) is 0. The number of aryl methyl sites for hydroxylation is 1. The van der Waals surface area contributed by atoms with Gasteiger partial charge in [0.15, 0.2) is 0 Å². The molecule has 2 aromatic carbocycles. The maximum atomic E-state index is 12.5. The lowest BCUT2D eigenvalue weighted by Gasteiger charge is -2.16. The van der Waals surface area contributed by atoms with E-state index in [4.69, 9.17) is 11.6 Å². The highest BCUT2D eigenvalue weighted by Gasteiger charge is 2.17. The molecule has 1 amide bonds.